The van der Waals surface area contributed by atoms with Crippen LogP contribution in [0.25, 0.3) is 0 Å². The summed E-state index contributed by atoms with van der Waals surface area (Å²) in [5.74, 6) is 0.243. The Morgan fingerprint density at radius 3 is 2.26 bits per heavy atom. The Balaban J connectivity index is 1.67. The maximum absolute atomic E-state index is 12.8. The van der Waals surface area contributed by atoms with Gasteiger partial charge in [0.05, 0.1) is 17.1 Å². The molecule has 1 aliphatic rings. The number of sulfonamides is 1. The Morgan fingerprint density at radius 1 is 1.04 bits per heavy atom. The van der Waals surface area contributed by atoms with Crippen LogP contribution >= 0.6 is 0 Å². The van der Waals surface area contributed by atoms with Crippen molar-refractivity contribution in [2.75, 3.05) is 32.8 Å². The van der Waals surface area contributed by atoms with E-state index < -0.39 is 10.0 Å². The van der Waals surface area contributed by atoms with Gasteiger partial charge in [-0.25, -0.2) is 8.42 Å². The zero-order chi connectivity index (χ0) is 19.4. The van der Waals surface area contributed by atoms with Crippen LogP contribution in [0.2, 0.25) is 0 Å². The Kier molecular flexibility index (Phi) is 5.67. The van der Waals surface area contributed by atoms with Crippen LogP contribution < -0.4 is 4.74 Å². The van der Waals surface area contributed by atoms with Gasteiger partial charge < -0.3 is 14.7 Å². The normalized spacial score (nSPS) is 15.5. The first-order chi connectivity index (χ1) is 12.9. The van der Waals surface area contributed by atoms with Crippen LogP contribution in [0.15, 0.2) is 53.4 Å². The lowest BCUT2D eigenvalue weighted by atomic mass is 10.1. The summed E-state index contributed by atoms with van der Waals surface area (Å²) in [7, 11) is -3.63. The third-order valence-corrected chi connectivity index (χ3v) is 6.35. The van der Waals surface area contributed by atoms with Crippen LogP contribution in [-0.4, -0.2) is 61.4 Å². The van der Waals surface area contributed by atoms with Crippen molar-refractivity contribution >= 4 is 15.9 Å². The fourth-order valence-corrected chi connectivity index (χ4v) is 4.40. The molecule has 7 nitrogen and oxygen atoms in total. The van der Waals surface area contributed by atoms with Gasteiger partial charge in [-0.05, 0) is 43.3 Å². The highest BCUT2D eigenvalue weighted by molar-refractivity contribution is 7.89. The van der Waals surface area contributed by atoms with E-state index in [1.807, 2.05) is 6.92 Å². The first-order valence-corrected chi connectivity index (χ1v) is 10.2. The number of benzene rings is 2. The van der Waals surface area contributed by atoms with Crippen molar-refractivity contribution in [1.29, 1.82) is 0 Å². The van der Waals surface area contributed by atoms with Crippen molar-refractivity contribution < 1.29 is 23.1 Å². The number of carbonyl (C=O) groups is 1. The average molecular weight is 390 g/mol. The Bertz CT molecular complexity index is 904. The molecule has 1 fully saturated rings. The van der Waals surface area contributed by atoms with Crippen molar-refractivity contribution in [2.45, 2.75) is 11.8 Å². The third kappa shape index (κ3) is 4.06. The Labute approximate surface area is 158 Å². The van der Waals surface area contributed by atoms with Gasteiger partial charge in [0.15, 0.2) is 0 Å². The first-order valence-electron chi connectivity index (χ1n) is 8.73. The van der Waals surface area contributed by atoms with Crippen LogP contribution in [-0.2, 0) is 10.0 Å². The number of aromatic hydroxyl groups is 1. The molecule has 0 aromatic heterocycles. The van der Waals surface area contributed by atoms with Crippen LogP contribution in [0.5, 0.6) is 11.5 Å². The van der Waals surface area contributed by atoms with Gasteiger partial charge in [0, 0.05) is 26.2 Å². The fourth-order valence-electron chi connectivity index (χ4n) is 2.98. The van der Waals surface area contributed by atoms with E-state index in [1.165, 1.54) is 22.5 Å². The van der Waals surface area contributed by atoms with Crippen molar-refractivity contribution in [3.8, 4) is 11.5 Å². The predicted octanol–water partition coefficient (Wildman–Crippen LogP) is 1.94. The van der Waals surface area contributed by atoms with Crippen LogP contribution in [0.1, 0.15) is 17.3 Å². The molecule has 1 saturated heterocycles. The third-order valence-electron chi connectivity index (χ3n) is 4.43. The predicted molar refractivity (Wildman–Crippen MR) is 100 cm³/mol. The molecule has 1 amide bonds. The molecule has 0 atom stereocenters. The lowest BCUT2D eigenvalue weighted by Gasteiger charge is -2.34. The zero-order valence-corrected chi connectivity index (χ0v) is 15.9. The second-order valence-corrected chi connectivity index (χ2v) is 8.06. The molecule has 0 bridgehead atoms. The quantitative estimate of drug-likeness (QED) is 0.843. The number of nitrogens with zero attached hydrogens (tertiary/aromatic N) is 2. The highest BCUT2D eigenvalue weighted by Gasteiger charge is 2.31. The number of para-hydroxylation sites is 1. The molecule has 3 rings (SSSR count). The smallest absolute Gasteiger partial charge is 0.257 e. The number of rotatable bonds is 5. The fraction of sp³-hybridized carbons (Fsp3) is 0.316. The molecule has 1 N–H and O–H groups in total. The van der Waals surface area contributed by atoms with Gasteiger partial charge in [-0.15, -0.1) is 0 Å². The molecule has 0 radical (unpaired) electrons. The zero-order valence-electron chi connectivity index (χ0n) is 15.0. The number of amides is 1. The van der Waals surface area contributed by atoms with Gasteiger partial charge in [0.2, 0.25) is 10.0 Å². The van der Waals surface area contributed by atoms with Crippen LogP contribution in [0.4, 0.5) is 0 Å². The molecule has 1 heterocycles. The average Bonchev–Trinajstić information content (AvgIpc) is 2.69. The largest absolute Gasteiger partial charge is 0.507 e. The van der Waals surface area contributed by atoms with Crippen molar-refractivity contribution in [2.24, 2.45) is 0 Å². The van der Waals surface area contributed by atoms with Gasteiger partial charge in [0.25, 0.3) is 5.91 Å². The minimum absolute atomic E-state index is 0.0769. The minimum atomic E-state index is -3.63. The van der Waals surface area contributed by atoms with E-state index in [9.17, 15) is 18.3 Å². The Hall–Kier alpha value is -2.58. The number of ether oxygens (including phenoxy) is 1. The van der Waals surface area contributed by atoms with Crippen molar-refractivity contribution in [3.63, 3.8) is 0 Å². The monoisotopic (exact) mass is 390 g/mol. The summed E-state index contributed by atoms with van der Waals surface area (Å²) in [4.78, 5) is 14.3. The van der Waals surface area contributed by atoms with Crippen molar-refractivity contribution in [1.82, 2.24) is 9.21 Å². The second kappa shape index (κ2) is 7.98. The number of phenols is 1. The maximum Gasteiger partial charge on any atom is 0.257 e. The lowest BCUT2D eigenvalue weighted by Crippen LogP contribution is -2.50. The number of piperazine rings is 1. The molecular weight excluding hydrogens is 368 g/mol. The number of carbonyl (C=O) groups excluding carboxylic acids is 1. The molecule has 0 aliphatic carbocycles. The van der Waals surface area contributed by atoms with E-state index in [2.05, 4.69) is 0 Å². The molecule has 0 unspecified atom stereocenters. The van der Waals surface area contributed by atoms with E-state index in [0.717, 1.165) is 0 Å². The molecule has 1 aliphatic heterocycles. The van der Waals surface area contributed by atoms with E-state index in [4.69, 9.17) is 4.74 Å². The summed E-state index contributed by atoms with van der Waals surface area (Å²) in [6, 6.07) is 12.7. The first kappa shape index (κ1) is 19.2. The summed E-state index contributed by atoms with van der Waals surface area (Å²) in [5, 5.41) is 9.84. The van der Waals surface area contributed by atoms with E-state index in [-0.39, 0.29) is 48.3 Å². The van der Waals surface area contributed by atoms with E-state index >= 15 is 0 Å². The highest BCUT2D eigenvalue weighted by Crippen LogP contribution is 2.23. The van der Waals surface area contributed by atoms with E-state index in [0.29, 0.717) is 12.4 Å². The van der Waals surface area contributed by atoms with Crippen molar-refractivity contribution in [3.05, 3.63) is 54.1 Å². The molecule has 2 aromatic rings. The molecule has 8 heteroatoms. The van der Waals surface area contributed by atoms with Crippen LogP contribution in [0.3, 0.4) is 0 Å². The molecule has 2 aromatic carbocycles. The summed E-state index contributed by atoms with van der Waals surface area (Å²) in [5.41, 5.74) is 0.223. The molecular formula is C19H22N2O5S. The molecule has 27 heavy (non-hydrogen) atoms. The summed E-state index contributed by atoms with van der Waals surface area (Å²) >= 11 is 0. The molecule has 0 spiro atoms. The number of phenolic OH excluding ortho intramolecular Hbond substituents is 1. The summed E-state index contributed by atoms with van der Waals surface area (Å²) < 4.78 is 32.3. The molecule has 144 valence electrons. The van der Waals surface area contributed by atoms with Gasteiger partial charge in [-0.1, -0.05) is 12.1 Å². The SMILES string of the molecule is CCOc1ccc(S(=O)(=O)N2CCN(C(=O)c3ccccc3O)CC2)cc1. The standard InChI is InChI=1S/C19H22N2O5S/c1-2-26-15-7-9-16(10-8-15)27(24,25)21-13-11-20(12-14-21)19(23)17-5-3-4-6-18(17)22/h3-10,22H,2,11-14H2,1H3. The minimum Gasteiger partial charge on any atom is -0.507 e. The van der Waals surface area contributed by atoms with Gasteiger partial charge in [-0.3, -0.25) is 4.79 Å². The topological polar surface area (TPSA) is 87.2 Å². The maximum atomic E-state index is 12.8. The van der Waals surface area contributed by atoms with Gasteiger partial charge >= 0.3 is 0 Å². The number of hydrogen-bond acceptors (Lipinski definition) is 5. The summed E-state index contributed by atoms with van der Waals surface area (Å²) in [6.07, 6.45) is 0. The molecule has 0 saturated carbocycles. The van der Waals surface area contributed by atoms with Gasteiger partial charge in [-0.2, -0.15) is 4.31 Å². The Morgan fingerprint density at radius 2 is 1.67 bits per heavy atom. The lowest BCUT2D eigenvalue weighted by molar-refractivity contribution is 0.0695. The second-order valence-electron chi connectivity index (χ2n) is 6.12. The van der Waals surface area contributed by atoms with Gasteiger partial charge in [0.1, 0.15) is 11.5 Å². The highest BCUT2D eigenvalue weighted by atomic mass is 32.2. The number of hydrogen-bond donors (Lipinski definition) is 1. The summed E-state index contributed by atoms with van der Waals surface area (Å²) in [6.45, 7) is 3.32. The van der Waals surface area contributed by atoms with Crippen LogP contribution in [0, 0.1) is 0 Å². The van der Waals surface area contributed by atoms with E-state index in [1.54, 1.807) is 35.2 Å².